The zero-order chi connectivity index (χ0) is 24.8. The predicted molar refractivity (Wildman–Crippen MR) is 152 cm³/mol. The highest BCUT2D eigenvalue weighted by Crippen LogP contribution is 2.34. The summed E-state index contributed by atoms with van der Waals surface area (Å²) in [7, 11) is 0. The molecular weight excluding hydrogens is 452 g/mol. The van der Waals surface area contributed by atoms with Gasteiger partial charge >= 0.3 is 0 Å². The number of aryl methyl sites for hydroxylation is 1. The monoisotopic (exact) mass is 476 g/mol. The van der Waals surface area contributed by atoms with Gasteiger partial charge in [0, 0.05) is 28.7 Å². The van der Waals surface area contributed by atoms with Crippen LogP contribution in [0, 0.1) is 6.92 Å². The molecule has 4 aromatic carbocycles. The quantitative estimate of drug-likeness (QED) is 0.255. The van der Waals surface area contributed by atoms with E-state index in [4.69, 9.17) is 14.4 Å². The van der Waals surface area contributed by atoms with Gasteiger partial charge in [0.1, 0.15) is 5.52 Å². The van der Waals surface area contributed by atoms with Crippen molar-refractivity contribution in [1.82, 2.24) is 9.97 Å². The summed E-state index contributed by atoms with van der Waals surface area (Å²) in [6.45, 7) is 2.06. The summed E-state index contributed by atoms with van der Waals surface area (Å²) >= 11 is 0. The first kappa shape index (κ1) is 21.5. The number of furan rings is 1. The van der Waals surface area contributed by atoms with Gasteiger partial charge in [-0.2, -0.15) is 0 Å². The van der Waals surface area contributed by atoms with Crippen molar-refractivity contribution in [2.75, 3.05) is 0 Å². The number of hydrogen-bond acceptors (Lipinski definition) is 3. The van der Waals surface area contributed by atoms with Gasteiger partial charge in [-0.1, -0.05) is 60.7 Å². The van der Waals surface area contributed by atoms with Crippen LogP contribution in [0.4, 0.5) is 0 Å². The molecule has 0 aliphatic heterocycles. The van der Waals surface area contributed by atoms with Gasteiger partial charge in [-0.05, 0) is 88.3 Å². The van der Waals surface area contributed by atoms with Crippen LogP contribution >= 0.6 is 0 Å². The highest BCUT2D eigenvalue weighted by Gasteiger charge is 2.14. The topological polar surface area (TPSA) is 38.9 Å². The summed E-state index contributed by atoms with van der Waals surface area (Å²) in [4.78, 5) is 9.44. The third kappa shape index (κ3) is 3.95. The molecule has 0 aliphatic rings. The Morgan fingerprint density at radius 2 is 1.51 bits per heavy atom. The molecule has 0 radical (unpaired) electrons. The van der Waals surface area contributed by atoms with Crippen molar-refractivity contribution < 1.29 is 4.42 Å². The minimum Gasteiger partial charge on any atom is -0.462 e. The molecule has 3 heteroatoms. The molecule has 7 rings (SSSR count). The lowest BCUT2D eigenvalue weighted by Crippen LogP contribution is -1.93. The Balaban J connectivity index is 1.25. The number of benzene rings is 4. The van der Waals surface area contributed by atoms with Gasteiger partial charge in [0.05, 0.1) is 12.0 Å². The van der Waals surface area contributed by atoms with Crippen molar-refractivity contribution >= 4 is 32.6 Å². The maximum atomic E-state index is 5.75. The summed E-state index contributed by atoms with van der Waals surface area (Å²) < 4.78 is 5.75. The normalized spacial score (nSPS) is 11.5. The summed E-state index contributed by atoms with van der Waals surface area (Å²) in [5.41, 5.74) is 9.83. The molecular formula is C34H24N2O. The van der Waals surface area contributed by atoms with Gasteiger partial charge in [-0.15, -0.1) is 0 Å². The molecule has 3 aromatic heterocycles. The fourth-order valence-electron chi connectivity index (χ4n) is 5.21. The molecule has 176 valence electrons. The number of hydrogen-bond donors (Lipinski definition) is 0. The second-order valence-electron chi connectivity index (χ2n) is 9.66. The lowest BCUT2D eigenvalue weighted by Gasteiger charge is -2.10. The zero-order valence-corrected chi connectivity index (χ0v) is 20.5. The van der Waals surface area contributed by atoms with Gasteiger partial charge in [-0.25, -0.2) is 0 Å². The van der Waals surface area contributed by atoms with E-state index in [0.717, 1.165) is 45.1 Å². The van der Waals surface area contributed by atoms with Crippen LogP contribution in [0.25, 0.3) is 55.0 Å². The zero-order valence-electron chi connectivity index (χ0n) is 20.5. The molecule has 0 saturated heterocycles. The van der Waals surface area contributed by atoms with Gasteiger partial charge in [0.15, 0.2) is 5.58 Å². The van der Waals surface area contributed by atoms with E-state index in [0.29, 0.717) is 0 Å². The fourth-order valence-corrected chi connectivity index (χ4v) is 5.21. The first-order valence-electron chi connectivity index (χ1n) is 12.5. The molecule has 0 unspecified atom stereocenters. The van der Waals surface area contributed by atoms with Crippen molar-refractivity contribution in [1.29, 1.82) is 0 Å². The Morgan fingerprint density at radius 3 is 2.43 bits per heavy atom. The lowest BCUT2D eigenvalue weighted by atomic mass is 9.96. The second-order valence-corrected chi connectivity index (χ2v) is 9.66. The van der Waals surface area contributed by atoms with Gasteiger partial charge < -0.3 is 4.42 Å². The van der Waals surface area contributed by atoms with E-state index in [1.165, 1.54) is 33.0 Å². The van der Waals surface area contributed by atoms with Crippen molar-refractivity contribution in [3.63, 3.8) is 0 Å². The summed E-state index contributed by atoms with van der Waals surface area (Å²) in [6, 6.07) is 34.6. The molecule has 0 saturated carbocycles. The molecule has 0 N–H and O–H groups in total. The molecule has 3 heterocycles. The average Bonchev–Trinajstić information content (AvgIpc) is 3.42. The van der Waals surface area contributed by atoms with Crippen LogP contribution in [0.1, 0.15) is 16.7 Å². The first-order chi connectivity index (χ1) is 18.2. The van der Waals surface area contributed by atoms with E-state index in [1.54, 1.807) is 6.26 Å². The molecule has 0 atom stereocenters. The van der Waals surface area contributed by atoms with E-state index < -0.39 is 0 Å². The number of aromatic nitrogens is 2. The van der Waals surface area contributed by atoms with Crippen LogP contribution in [-0.2, 0) is 6.42 Å². The molecule has 0 aliphatic carbocycles. The SMILES string of the molecule is Cc1cnc2c(c1)c(-c1cc(Cc3ccc4cc(-c5ccccc5)ccc4c3)ccn1)cc1ccoc12. The Bertz CT molecular complexity index is 1920. The molecule has 0 bridgehead atoms. The fraction of sp³-hybridized carbons (Fsp3) is 0.0588. The third-order valence-electron chi connectivity index (χ3n) is 7.05. The van der Waals surface area contributed by atoms with E-state index >= 15 is 0 Å². The Kier molecular flexibility index (Phi) is 5.07. The Labute approximate surface area is 215 Å². The van der Waals surface area contributed by atoms with Gasteiger partial charge in [-0.3, -0.25) is 9.97 Å². The van der Waals surface area contributed by atoms with Crippen LogP contribution in [-0.4, -0.2) is 9.97 Å². The molecule has 0 spiro atoms. The predicted octanol–water partition coefficient (Wildman–Crippen LogP) is 8.76. The standard InChI is InChI=1S/C34H24N2O/c1-22-15-31-30(20-29-12-14-37-34(29)33(31)36-21-22)32-18-24(11-13-35-32)16-23-7-8-28-19-27(10-9-26(28)17-23)25-5-3-2-4-6-25/h2-15,17-21H,16H2,1H3. The minimum atomic E-state index is 0.821. The van der Waals surface area contributed by atoms with Crippen molar-refractivity contribution in [3.8, 4) is 22.4 Å². The van der Waals surface area contributed by atoms with Crippen LogP contribution in [0.5, 0.6) is 0 Å². The van der Waals surface area contributed by atoms with Gasteiger partial charge in [0.25, 0.3) is 0 Å². The van der Waals surface area contributed by atoms with Crippen LogP contribution in [0.2, 0.25) is 0 Å². The van der Waals surface area contributed by atoms with E-state index in [2.05, 4.69) is 97.9 Å². The summed E-state index contributed by atoms with van der Waals surface area (Å²) in [5.74, 6) is 0. The van der Waals surface area contributed by atoms with Crippen LogP contribution < -0.4 is 0 Å². The van der Waals surface area contributed by atoms with Crippen molar-refractivity contribution in [3.05, 3.63) is 132 Å². The summed E-state index contributed by atoms with van der Waals surface area (Å²) in [5, 5.41) is 4.61. The minimum absolute atomic E-state index is 0.821. The van der Waals surface area contributed by atoms with Crippen molar-refractivity contribution in [2.45, 2.75) is 13.3 Å². The molecule has 0 amide bonds. The molecule has 7 aromatic rings. The Morgan fingerprint density at radius 1 is 0.676 bits per heavy atom. The van der Waals surface area contributed by atoms with E-state index in [-0.39, 0.29) is 0 Å². The smallest absolute Gasteiger partial charge is 0.160 e. The number of pyridine rings is 2. The largest absolute Gasteiger partial charge is 0.462 e. The van der Waals surface area contributed by atoms with Crippen LogP contribution in [0.15, 0.2) is 120 Å². The van der Waals surface area contributed by atoms with E-state index in [1.807, 2.05) is 18.5 Å². The second kappa shape index (κ2) is 8.72. The number of fused-ring (bicyclic) bond motifs is 4. The molecule has 37 heavy (non-hydrogen) atoms. The number of nitrogens with zero attached hydrogens (tertiary/aromatic N) is 2. The average molecular weight is 477 g/mol. The maximum Gasteiger partial charge on any atom is 0.160 e. The van der Waals surface area contributed by atoms with Crippen molar-refractivity contribution in [2.24, 2.45) is 0 Å². The molecule has 3 nitrogen and oxygen atoms in total. The Hall–Kier alpha value is -4.76. The van der Waals surface area contributed by atoms with Crippen LogP contribution in [0.3, 0.4) is 0 Å². The number of rotatable bonds is 4. The first-order valence-corrected chi connectivity index (χ1v) is 12.5. The third-order valence-corrected chi connectivity index (χ3v) is 7.05. The van der Waals surface area contributed by atoms with Gasteiger partial charge in [0.2, 0.25) is 0 Å². The highest BCUT2D eigenvalue weighted by molar-refractivity contribution is 6.09. The van der Waals surface area contributed by atoms with E-state index in [9.17, 15) is 0 Å². The summed E-state index contributed by atoms with van der Waals surface area (Å²) in [6.07, 6.45) is 6.36. The lowest BCUT2D eigenvalue weighted by molar-refractivity contribution is 0.618. The molecule has 0 fully saturated rings. The highest BCUT2D eigenvalue weighted by atomic mass is 16.3. The maximum absolute atomic E-state index is 5.75.